The van der Waals surface area contributed by atoms with Crippen molar-refractivity contribution in [3.05, 3.63) is 70.8 Å². The summed E-state index contributed by atoms with van der Waals surface area (Å²) in [4.78, 5) is 28.8. The Kier molecular flexibility index (Phi) is 5.91. The van der Waals surface area contributed by atoms with E-state index in [-0.39, 0.29) is 5.56 Å². The molecular formula is C19H16N6O3S2. The Hall–Kier alpha value is -3.44. The largest absolute Gasteiger partial charge is 0.497 e. The predicted molar refractivity (Wildman–Crippen MR) is 117 cm³/mol. The zero-order valence-electron chi connectivity index (χ0n) is 15.7. The van der Waals surface area contributed by atoms with Gasteiger partial charge in [0.05, 0.1) is 12.8 Å². The van der Waals surface area contributed by atoms with E-state index >= 15 is 0 Å². The van der Waals surface area contributed by atoms with Gasteiger partial charge in [0.1, 0.15) is 11.4 Å². The summed E-state index contributed by atoms with van der Waals surface area (Å²) in [6.07, 6.45) is 1.68. The van der Waals surface area contributed by atoms with Crippen molar-refractivity contribution in [2.75, 3.05) is 17.7 Å². The molecule has 9 nitrogen and oxygen atoms in total. The topological polar surface area (TPSA) is 111 Å². The van der Waals surface area contributed by atoms with Crippen molar-refractivity contribution >= 4 is 45.6 Å². The molecule has 0 saturated carbocycles. The number of carbonyl (C=O) groups excluding carboxylic acids is 1. The zero-order chi connectivity index (χ0) is 20.9. The number of pyridine rings is 1. The van der Waals surface area contributed by atoms with Crippen molar-refractivity contribution in [2.45, 2.75) is 10.1 Å². The highest BCUT2D eigenvalue weighted by molar-refractivity contribution is 8.00. The summed E-state index contributed by atoms with van der Waals surface area (Å²) in [5, 5.41) is 13.8. The van der Waals surface area contributed by atoms with Crippen molar-refractivity contribution in [1.82, 2.24) is 19.6 Å². The normalized spacial score (nSPS) is 10.7. The molecule has 0 aliphatic heterocycles. The maximum Gasteiger partial charge on any atom is 0.325 e. The zero-order valence-corrected chi connectivity index (χ0v) is 17.4. The lowest BCUT2D eigenvalue weighted by atomic mass is 10.3. The molecule has 152 valence electrons. The highest BCUT2D eigenvalue weighted by Crippen LogP contribution is 2.28. The van der Waals surface area contributed by atoms with E-state index in [4.69, 9.17) is 4.74 Å². The number of anilines is 2. The summed E-state index contributed by atoms with van der Waals surface area (Å²) in [7, 11) is 1.56. The molecule has 0 bridgehead atoms. The molecule has 2 N–H and O–H groups in total. The van der Waals surface area contributed by atoms with Gasteiger partial charge in [-0.2, -0.15) is 0 Å². The lowest BCUT2D eigenvalue weighted by Gasteiger charge is -2.06. The molecule has 0 spiro atoms. The number of urea groups is 1. The molecule has 0 aliphatic rings. The average Bonchev–Trinajstić information content (AvgIpc) is 3.19. The summed E-state index contributed by atoms with van der Waals surface area (Å²) in [6, 6.07) is 13.5. The smallest absolute Gasteiger partial charge is 0.325 e. The van der Waals surface area contributed by atoms with Gasteiger partial charge >= 0.3 is 6.03 Å². The van der Waals surface area contributed by atoms with Crippen LogP contribution in [0, 0.1) is 0 Å². The molecule has 0 unspecified atom stereocenters. The number of fused-ring (bicyclic) bond motifs is 1. The molecule has 0 aliphatic carbocycles. The number of ether oxygens (including phenoxy) is 1. The first-order valence-corrected chi connectivity index (χ1v) is 10.6. The second kappa shape index (κ2) is 8.93. The summed E-state index contributed by atoms with van der Waals surface area (Å²) >= 11 is 2.63. The highest BCUT2D eigenvalue weighted by Gasteiger charge is 2.10. The Morgan fingerprint density at radius 3 is 2.93 bits per heavy atom. The number of carbonyl (C=O) groups is 1. The van der Waals surface area contributed by atoms with E-state index in [1.54, 1.807) is 49.7 Å². The third kappa shape index (κ3) is 4.75. The molecule has 2 amide bonds. The van der Waals surface area contributed by atoms with Gasteiger partial charge in [-0.25, -0.2) is 9.78 Å². The Morgan fingerprint density at radius 1 is 1.17 bits per heavy atom. The molecule has 4 rings (SSSR count). The van der Waals surface area contributed by atoms with Gasteiger partial charge in [0.15, 0.2) is 4.34 Å². The summed E-state index contributed by atoms with van der Waals surface area (Å²) in [5.74, 6) is 1.11. The van der Waals surface area contributed by atoms with Gasteiger partial charge in [0.25, 0.3) is 5.56 Å². The Bertz CT molecular complexity index is 1260. The minimum atomic E-state index is -0.430. The van der Waals surface area contributed by atoms with Crippen LogP contribution in [-0.4, -0.2) is 32.7 Å². The number of thioether (sulfide) groups is 1. The fourth-order valence-corrected chi connectivity index (χ4v) is 4.23. The summed E-state index contributed by atoms with van der Waals surface area (Å²) in [6.45, 7) is 0. The number of rotatable bonds is 6. The quantitative estimate of drug-likeness (QED) is 0.349. The number of nitrogens with zero attached hydrogens (tertiary/aromatic N) is 4. The third-order valence-corrected chi connectivity index (χ3v) is 5.93. The number of aromatic nitrogens is 4. The second-order valence-electron chi connectivity index (χ2n) is 5.99. The number of hydrogen-bond donors (Lipinski definition) is 2. The molecule has 0 radical (unpaired) electrons. The van der Waals surface area contributed by atoms with Crippen molar-refractivity contribution in [3.8, 4) is 5.75 Å². The predicted octanol–water partition coefficient (Wildman–Crippen LogP) is 3.49. The lowest BCUT2D eigenvalue weighted by molar-refractivity contribution is 0.262. The maximum atomic E-state index is 12.2. The molecule has 3 aromatic heterocycles. The number of methoxy groups -OCH3 is 1. The van der Waals surface area contributed by atoms with E-state index in [1.807, 2.05) is 6.07 Å². The molecule has 3 heterocycles. The lowest BCUT2D eigenvalue weighted by Crippen LogP contribution is -2.19. The summed E-state index contributed by atoms with van der Waals surface area (Å²) < 4.78 is 7.27. The van der Waals surface area contributed by atoms with Crippen LogP contribution in [0.4, 0.5) is 15.6 Å². The van der Waals surface area contributed by atoms with Crippen LogP contribution in [0.1, 0.15) is 5.69 Å². The third-order valence-electron chi connectivity index (χ3n) is 3.92. The minimum Gasteiger partial charge on any atom is -0.497 e. The van der Waals surface area contributed by atoms with Gasteiger partial charge in [0.2, 0.25) is 5.13 Å². The van der Waals surface area contributed by atoms with Crippen LogP contribution in [0.25, 0.3) is 5.65 Å². The van der Waals surface area contributed by atoms with Crippen molar-refractivity contribution in [1.29, 1.82) is 0 Å². The van der Waals surface area contributed by atoms with Gasteiger partial charge in [-0.1, -0.05) is 35.2 Å². The van der Waals surface area contributed by atoms with Crippen LogP contribution in [-0.2, 0) is 5.75 Å². The Labute approximate surface area is 179 Å². The first kappa shape index (κ1) is 19.9. The average molecular weight is 441 g/mol. The fraction of sp³-hybridized carbons (Fsp3) is 0.105. The van der Waals surface area contributed by atoms with Crippen molar-refractivity contribution in [3.63, 3.8) is 0 Å². The Morgan fingerprint density at radius 2 is 2.07 bits per heavy atom. The van der Waals surface area contributed by atoms with Crippen LogP contribution in [0.5, 0.6) is 5.75 Å². The first-order chi connectivity index (χ1) is 14.6. The number of hydrogen-bond acceptors (Lipinski definition) is 8. The van der Waals surface area contributed by atoms with Crippen LogP contribution in [0.2, 0.25) is 0 Å². The standard InChI is InChI=1S/C19H16N6O3S2/c1-28-14-6-4-5-12(9-14)21-17(27)22-18-23-24-19(30-18)29-11-13-10-16(26)25-8-3-2-7-15(25)20-13/h2-10H,11H2,1H3,(H2,21,22,23,27). The van der Waals surface area contributed by atoms with Crippen LogP contribution in [0.3, 0.4) is 0 Å². The second-order valence-corrected chi connectivity index (χ2v) is 8.19. The van der Waals surface area contributed by atoms with Gasteiger partial charge in [-0.3, -0.25) is 14.5 Å². The number of amides is 2. The van der Waals surface area contributed by atoms with Gasteiger partial charge < -0.3 is 10.1 Å². The van der Waals surface area contributed by atoms with E-state index in [1.165, 1.54) is 33.6 Å². The molecule has 4 aromatic rings. The highest BCUT2D eigenvalue weighted by atomic mass is 32.2. The van der Waals surface area contributed by atoms with Crippen LogP contribution >= 0.6 is 23.1 Å². The van der Waals surface area contributed by atoms with E-state index in [0.29, 0.717) is 38.0 Å². The SMILES string of the molecule is COc1cccc(NC(=O)Nc2nnc(SCc3cc(=O)n4ccccc4n3)s2)c1. The Balaban J connectivity index is 1.36. The minimum absolute atomic E-state index is 0.134. The summed E-state index contributed by atoms with van der Waals surface area (Å²) in [5.41, 5.74) is 1.70. The van der Waals surface area contributed by atoms with Crippen LogP contribution in [0.15, 0.2) is 63.9 Å². The molecule has 11 heteroatoms. The number of benzene rings is 1. The van der Waals surface area contributed by atoms with E-state index in [2.05, 4.69) is 25.8 Å². The maximum absolute atomic E-state index is 12.2. The molecule has 1 aromatic carbocycles. The fourth-order valence-electron chi connectivity index (χ4n) is 2.59. The molecule has 30 heavy (non-hydrogen) atoms. The van der Waals surface area contributed by atoms with E-state index in [9.17, 15) is 9.59 Å². The van der Waals surface area contributed by atoms with Crippen molar-refractivity contribution < 1.29 is 9.53 Å². The first-order valence-electron chi connectivity index (χ1n) is 8.76. The molecule has 0 saturated heterocycles. The van der Waals surface area contributed by atoms with E-state index < -0.39 is 6.03 Å². The van der Waals surface area contributed by atoms with E-state index in [0.717, 1.165) is 0 Å². The van der Waals surface area contributed by atoms with Gasteiger partial charge in [-0.15, -0.1) is 10.2 Å². The molecule has 0 atom stereocenters. The molecule has 0 fully saturated rings. The van der Waals surface area contributed by atoms with Crippen molar-refractivity contribution in [2.24, 2.45) is 0 Å². The van der Waals surface area contributed by atoms with Crippen LogP contribution < -0.4 is 20.9 Å². The monoisotopic (exact) mass is 440 g/mol. The molecular weight excluding hydrogens is 424 g/mol. The van der Waals surface area contributed by atoms with Gasteiger partial charge in [-0.05, 0) is 24.3 Å². The number of nitrogens with one attached hydrogen (secondary N) is 2. The van der Waals surface area contributed by atoms with Gasteiger partial charge in [0, 0.05) is 29.8 Å².